The molecule has 4 nitrogen and oxygen atoms in total. The average Bonchev–Trinajstić information content (AvgIpc) is 3.25. The molecule has 3 rings (SSSR count). The predicted molar refractivity (Wildman–Crippen MR) is 92.6 cm³/mol. The van der Waals surface area contributed by atoms with Crippen molar-refractivity contribution < 1.29 is 4.79 Å². The number of benzene rings is 1. The van der Waals surface area contributed by atoms with E-state index in [4.69, 9.17) is 0 Å². The Morgan fingerprint density at radius 1 is 1.22 bits per heavy atom. The number of hydrogen-bond donors (Lipinski definition) is 1. The van der Waals surface area contributed by atoms with Crippen molar-refractivity contribution in [2.75, 3.05) is 0 Å². The highest BCUT2D eigenvalue weighted by Crippen LogP contribution is 2.17. The number of aromatic nitrogens is 2. The molecule has 118 valence electrons. The SMILES string of the molecule is CCc1ccsc1C(=O)NCc1ccc(Cn2ccnc2)cc1. The van der Waals surface area contributed by atoms with E-state index in [-0.39, 0.29) is 5.91 Å². The summed E-state index contributed by atoms with van der Waals surface area (Å²) in [6.07, 6.45) is 6.41. The van der Waals surface area contributed by atoms with E-state index >= 15 is 0 Å². The molecule has 0 aliphatic heterocycles. The molecule has 2 aromatic heterocycles. The third kappa shape index (κ3) is 3.87. The fourth-order valence-corrected chi connectivity index (χ4v) is 3.34. The van der Waals surface area contributed by atoms with Gasteiger partial charge in [-0.25, -0.2) is 4.98 Å². The van der Waals surface area contributed by atoms with Crippen molar-refractivity contribution >= 4 is 17.2 Å². The zero-order valence-corrected chi connectivity index (χ0v) is 13.8. The minimum absolute atomic E-state index is 0.0133. The topological polar surface area (TPSA) is 46.9 Å². The molecule has 0 saturated carbocycles. The van der Waals surface area contributed by atoms with Gasteiger partial charge in [-0.1, -0.05) is 31.2 Å². The van der Waals surface area contributed by atoms with Gasteiger partial charge in [-0.15, -0.1) is 11.3 Å². The van der Waals surface area contributed by atoms with Crippen LogP contribution in [-0.2, 0) is 19.5 Å². The van der Waals surface area contributed by atoms with Gasteiger partial charge in [0.25, 0.3) is 5.91 Å². The van der Waals surface area contributed by atoms with Crippen LogP contribution in [-0.4, -0.2) is 15.5 Å². The second-order valence-electron chi connectivity index (χ2n) is 5.36. The molecule has 0 spiro atoms. The second kappa shape index (κ2) is 7.24. The molecule has 2 heterocycles. The maximum Gasteiger partial charge on any atom is 0.261 e. The van der Waals surface area contributed by atoms with Crippen molar-refractivity contribution in [2.24, 2.45) is 0 Å². The maximum atomic E-state index is 12.2. The van der Waals surface area contributed by atoms with E-state index in [1.165, 1.54) is 16.9 Å². The third-order valence-electron chi connectivity index (χ3n) is 3.73. The number of carbonyl (C=O) groups excluding carboxylic acids is 1. The van der Waals surface area contributed by atoms with Crippen LogP contribution in [0.3, 0.4) is 0 Å². The van der Waals surface area contributed by atoms with Gasteiger partial charge in [-0.2, -0.15) is 0 Å². The van der Waals surface area contributed by atoms with Crippen molar-refractivity contribution in [3.05, 3.63) is 76.0 Å². The van der Waals surface area contributed by atoms with Crippen LogP contribution < -0.4 is 5.32 Å². The molecule has 0 aliphatic carbocycles. The standard InChI is InChI=1S/C18H19N3OS/c1-2-16-7-10-23-17(16)18(22)20-11-14-3-5-15(6-4-14)12-21-9-8-19-13-21/h3-10,13H,2,11-12H2,1H3,(H,20,22). The summed E-state index contributed by atoms with van der Waals surface area (Å²) in [4.78, 5) is 17.1. The summed E-state index contributed by atoms with van der Waals surface area (Å²) in [5.74, 6) is 0.0133. The number of nitrogens with zero attached hydrogens (tertiary/aromatic N) is 2. The maximum absolute atomic E-state index is 12.2. The Balaban J connectivity index is 1.57. The van der Waals surface area contributed by atoms with Gasteiger partial charge in [-0.05, 0) is 34.6 Å². The summed E-state index contributed by atoms with van der Waals surface area (Å²) < 4.78 is 2.03. The van der Waals surface area contributed by atoms with Gasteiger partial charge >= 0.3 is 0 Å². The zero-order valence-electron chi connectivity index (χ0n) is 13.0. The van der Waals surface area contributed by atoms with Crippen molar-refractivity contribution in [2.45, 2.75) is 26.4 Å². The van der Waals surface area contributed by atoms with E-state index in [1.54, 1.807) is 12.5 Å². The fourth-order valence-electron chi connectivity index (χ4n) is 2.43. The Kier molecular flexibility index (Phi) is 4.88. The summed E-state index contributed by atoms with van der Waals surface area (Å²) in [7, 11) is 0. The van der Waals surface area contributed by atoms with Gasteiger partial charge in [-0.3, -0.25) is 4.79 Å². The molecule has 0 bridgehead atoms. The first-order valence-corrected chi connectivity index (χ1v) is 8.52. The number of amides is 1. The molecular formula is C18H19N3OS. The van der Waals surface area contributed by atoms with E-state index < -0.39 is 0 Å². The summed E-state index contributed by atoms with van der Waals surface area (Å²) >= 11 is 1.50. The molecule has 0 radical (unpaired) electrons. The smallest absolute Gasteiger partial charge is 0.261 e. The number of nitrogens with one attached hydrogen (secondary N) is 1. The zero-order chi connectivity index (χ0) is 16.1. The first-order valence-electron chi connectivity index (χ1n) is 7.64. The van der Waals surface area contributed by atoms with Crippen molar-refractivity contribution in [3.63, 3.8) is 0 Å². The summed E-state index contributed by atoms with van der Waals surface area (Å²) in [6.45, 7) is 3.42. The van der Waals surface area contributed by atoms with Crippen LogP contribution in [0.1, 0.15) is 33.3 Å². The van der Waals surface area contributed by atoms with Gasteiger partial charge in [0, 0.05) is 25.5 Å². The lowest BCUT2D eigenvalue weighted by molar-refractivity contribution is 0.0954. The van der Waals surface area contributed by atoms with Gasteiger partial charge in [0.1, 0.15) is 0 Å². The molecule has 0 atom stereocenters. The lowest BCUT2D eigenvalue weighted by atomic mass is 10.1. The molecule has 0 aliphatic rings. The molecular weight excluding hydrogens is 306 g/mol. The highest BCUT2D eigenvalue weighted by Gasteiger charge is 2.11. The van der Waals surface area contributed by atoms with Crippen LogP contribution in [0.5, 0.6) is 0 Å². The Morgan fingerprint density at radius 2 is 2.00 bits per heavy atom. The number of rotatable bonds is 6. The predicted octanol–water partition coefficient (Wildman–Crippen LogP) is 3.49. The average molecular weight is 325 g/mol. The van der Waals surface area contributed by atoms with E-state index in [9.17, 15) is 4.79 Å². The number of imidazole rings is 1. The van der Waals surface area contributed by atoms with Crippen LogP contribution in [0.15, 0.2) is 54.4 Å². The van der Waals surface area contributed by atoms with Gasteiger partial charge in [0.05, 0.1) is 11.2 Å². The Labute approximate surface area is 139 Å². The van der Waals surface area contributed by atoms with Crippen LogP contribution in [0, 0.1) is 0 Å². The Morgan fingerprint density at radius 3 is 2.70 bits per heavy atom. The van der Waals surface area contributed by atoms with Gasteiger partial charge in [0.2, 0.25) is 0 Å². The second-order valence-corrected chi connectivity index (χ2v) is 6.28. The molecule has 0 fully saturated rings. The molecule has 1 amide bonds. The number of thiophene rings is 1. The minimum atomic E-state index is 0.0133. The van der Waals surface area contributed by atoms with Crippen LogP contribution in [0.2, 0.25) is 0 Å². The van der Waals surface area contributed by atoms with E-state index in [2.05, 4.69) is 41.5 Å². The quantitative estimate of drug-likeness (QED) is 0.754. The lowest BCUT2D eigenvalue weighted by Crippen LogP contribution is -2.22. The third-order valence-corrected chi connectivity index (χ3v) is 4.69. The largest absolute Gasteiger partial charge is 0.347 e. The number of hydrogen-bond acceptors (Lipinski definition) is 3. The van der Waals surface area contributed by atoms with Crippen LogP contribution >= 0.6 is 11.3 Å². The molecule has 3 aromatic rings. The van der Waals surface area contributed by atoms with Gasteiger partial charge < -0.3 is 9.88 Å². The van der Waals surface area contributed by atoms with E-state index in [1.807, 2.05) is 22.2 Å². The van der Waals surface area contributed by atoms with Crippen molar-refractivity contribution in [1.82, 2.24) is 14.9 Å². The first-order chi connectivity index (χ1) is 11.3. The van der Waals surface area contributed by atoms with Crippen LogP contribution in [0.4, 0.5) is 0 Å². The molecule has 5 heteroatoms. The first kappa shape index (κ1) is 15.5. The Hall–Kier alpha value is -2.40. The minimum Gasteiger partial charge on any atom is -0.347 e. The lowest BCUT2D eigenvalue weighted by Gasteiger charge is -2.07. The molecule has 0 unspecified atom stereocenters. The molecule has 1 N–H and O–H groups in total. The van der Waals surface area contributed by atoms with Crippen molar-refractivity contribution in [1.29, 1.82) is 0 Å². The highest BCUT2D eigenvalue weighted by atomic mass is 32.1. The number of carbonyl (C=O) groups is 1. The van der Waals surface area contributed by atoms with Gasteiger partial charge in [0.15, 0.2) is 0 Å². The van der Waals surface area contributed by atoms with Crippen LogP contribution in [0.25, 0.3) is 0 Å². The van der Waals surface area contributed by atoms with Crippen molar-refractivity contribution in [3.8, 4) is 0 Å². The number of aryl methyl sites for hydroxylation is 1. The normalized spacial score (nSPS) is 10.7. The fraction of sp³-hybridized carbons (Fsp3) is 0.222. The Bertz CT molecular complexity index is 760. The summed E-state index contributed by atoms with van der Waals surface area (Å²) in [5.41, 5.74) is 3.43. The molecule has 0 saturated heterocycles. The monoisotopic (exact) mass is 325 g/mol. The highest BCUT2D eigenvalue weighted by molar-refractivity contribution is 7.12. The summed E-state index contributed by atoms with van der Waals surface area (Å²) in [6, 6.07) is 10.3. The molecule has 23 heavy (non-hydrogen) atoms. The molecule has 1 aromatic carbocycles. The van der Waals surface area contributed by atoms with E-state index in [0.717, 1.165) is 29.0 Å². The summed E-state index contributed by atoms with van der Waals surface area (Å²) in [5, 5.41) is 4.97. The van der Waals surface area contributed by atoms with E-state index in [0.29, 0.717) is 6.54 Å².